The molecule has 0 aliphatic carbocycles. The second-order valence-corrected chi connectivity index (χ2v) is 4.56. The van der Waals surface area contributed by atoms with Gasteiger partial charge in [-0.25, -0.2) is 4.57 Å². The van der Waals surface area contributed by atoms with E-state index in [1.54, 1.807) is 0 Å². The van der Waals surface area contributed by atoms with Crippen LogP contribution in [0.3, 0.4) is 0 Å². The van der Waals surface area contributed by atoms with Crippen molar-refractivity contribution in [3.05, 3.63) is 44.0 Å². The number of hydrogen-bond donors (Lipinski definition) is 2. The fraction of sp³-hybridized carbons (Fsp3) is 0.600. The van der Waals surface area contributed by atoms with Gasteiger partial charge in [-0.1, -0.05) is 37.7 Å². The molecule has 0 aromatic carbocycles. The SMILES string of the molecule is CC.CC.CNn1c([N+](=O)[O-])nc(CCCn2ccnc2[N+](=O)[O-])c1CO. The molecular weight excluding hydrogens is 358 g/mol. The smallest absolute Gasteiger partial charge is 0.390 e. The van der Waals surface area contributed by atoms with Crippen molar-refractivity contribution in [3.63, 3.8) is 0 Å². The van der Waals surface area contributed by atoms with Crippen molar-refractivity contribution in [2.45, 2.75) is 53.7 Å². The summed E-state index contributed by atoms with van der Waals surface area (Å²) in [6.07, 6.45) is 3.58. The van der Waals surface area contributed by atoms with Gasteiger partial charge >= 0.3 is 11.9 Å². The molecule has 12 heteroatoms. The van der Waals surface area contributed by atoms with Crippen LogP contribution >= 0.6 is 0 Å². The summed E-state index contributed by atoms with van der Waals surface area (Å²) in [7, 11) is 1.48. The van der Waals surface area contributed by atoms with Crippen molar-refractivity contribution >= 4 is 11.9 Å². The third-order valence-corrected chi connectivity index (χ3v) is 3.24. The van der Waals surface area contributed by atoms with E-state index >= 15 is 0 Å². The van der Waals surface area contributed by atoms with Crippen LogP contribution in [0.25, 0.3) is 0 Å². The van der Waals surface area contributed by atoms with E-state index in [-0.39, 0.29) is 5.95 Å². The van der Waals surface area contributed by atoms with Gasteiger partial charge in [-0.3, -0.25) is 5.43 Å². The second-order valence-electron chi connectivity index (χ2n) is 4.56. The van der Waals surface area contributed by atoms with Gasteiger partial charge in [0.2, 0.25) is 0 Å². The Balaban J connectivity index is 0.00000158. The van der Waals surface area contributed by atoms with E-state index in [4.69, 9.17) is 0 Å². The van der Waals surface area contributed by atoms with Crippen LogP contribution in [0.15, 0.2) is 12.4 Å². The van der Waals surface area contributed by atoms with E-state index in [0.29, 0.717) is 30.8 Å². The van der Waals surface area contributed by atoms with Crippen molar-refractivity contribution in [2.75, 3.05) is 12.5 Å². The summed E-state index contributed by atoms with van der Waals surface area (Å²) in [5, 5.41) is 31.1. The Bertz CT molecular complexity index is 726. The molecule has 0 aliphatic rings. The second kappa shape index (κ2) is 12.4. The first-order chi connectivity index (χ1) is 13.0. The van der Waals surface area contributed by atoms with Crippen LogP contribution in [0.1, 0.15) is 45.5 Å². The van der Waals surface area contributed by atoms with Crippen LogP contribution < -0.4 is 5.43 Å². The molecule has 0 spiro atoms. The molecule has 0 amide bonds. The number of hydrogen-bond acceptors (Lipinski definition) is 8. The Labute approximate surface area is 157 Å². The summed E-state index contributed by atoms with van der Waals surface area (Å²) < 4.78 is 2.48. The monoisotopic (exact) mass is 385 g/mol. The van der Waals surface area contributed by atoms with Crippen LogP contribution in [0, 0.1) is 20.2 Å². The lowest BCUT2D eigenvalue weighted by atomic mass is 10.2. The van der Waals surface area contributed by atoms with E-state index in [9.17, 15) is 25.3 Å². The molecule has 27 heavy (non-hydrogen) atoms. The maximum absolute atomic E-state index is 11.0. The molecule has 0 saturated carbocycles. The molecule has 0 saturated heterocycles. The van der Waals surface area contributed by atoms with Gasteiger partial charge in [0.1, 0.15) is 19.0 Å². The van der Waals surface area contributed by atoms with Crippen LogP contribution in [0.4, 0.5) is 11.9 Å². The summed E-state index contributed by atoms with van der Waals surface area (Å²) >= 11 is 0. The molecule has 0 fully saturated rings. The lowest BCUT2D eigenvalue weighted by molar-refractivity contribution is -0.396. The summed E-state index contributed by atoms with van der Waals surface area (Å²) in [6.45, 7) is 7.89. The molecule has 0 radical (unpaired) electrons. The summed E-state index contributed by atoms with van der Waals surface area (Å²) in [5.41, 5.74) is 3.26. The molecule has 152 valence electrons. The Morgan fingerprint density at radius 1 is 1.15 bits per heavy atom. The third kappa shape index (κ3) is 6.02. The average molecular weight is 385 g/mol. The number of aliphatic hydroxyl groups is 1. The van der Waals surface area contributed by atoms with Gasteiger partial charge < -0.3 is 25.3 Å². The van der Waals surface area contributed by atoms with Crippen molar-refractivity contribution in [1.82, 2.24) is 19.2 Å². The number of nitrogens with zero attached hydrogens (tertiary/aromatic N) is 6. The highest BCUT2D eigenvalue weighted by molar-refractivity contribution is 5.25. The molecule has 2 N–H and O–H groups in total. The molecule has 0 aliphatic heterocycles. The highest BCUT2D eigenvalue weighted by Crippen LogP contribution is 2.19. The first-order valence-corrected chi connectivity index (χ1v) is 8.68. The number of nitro groups is 2. The molecule has 2 heterocycles. The molecule has 2 aromatic rings. The predicted octanol–water partition coefficient (Wildman–Crippen LogP) is 2.25. The van der Waals surface area contributed by atoms with Gasteiger partial charge in [0.05, 0.1) is 6.54 Å². The Morgan fingerprint density at radius 3 is 2.22 bits per heavy atom. The number of nitrogens with one attached hydrogen (secondary N) is 1. The largest absolute Gasteiger partial charge is 0.457 e. The van der Waals surface area contributed by atoms with E-state index < -0.39 is 22.4 Å². The van der Waals surface area contributed by atoms with Gasteiger partial charge in [0.15, 0.2) is 11.4 Å². The van der Waals surface area contributed by atoms with Gasteiger partial charge in [-0.2, -0.15) is 0 Å². The maximum atomic E-state index is 11.0. The number of aliphatic hydroxyl groups excluding tert-OH is 1. The summed E-state index contributed by atoms with van der Waals surface area (Å²) in [5.74, 6) is -0.681. The minimum Gasteiger partial charge on any atom is -0.390 e. The van der Waals surface area contributed by atoms with Gasteiger partial charge in [-0.05, 0) is 16.3 Å². The van der Waals surface area contributed by atoms with E-state index in [2.05, 4.69) is 15.4 Å². The fourth-order valence-electron chi connectivity index (χ4n) is 2.27. The summed E-state index contributed by atoms with van der Waals surface area (Å²) in [6, 6.07) is 0. The molecular formula is C15H27N7O5. The van der Waals surface area contributed by atoms with Crippen molar-refractivity contribution in [1.29, 1.82) is 0 Å². The highest BCUT2D eigenvalue weighted by atomic mass is 16.6. The first kappa shape index (κ1) is 24.0. The zero-order chi connectivity index (χ0) is 21.0. The summed E-state index contributed by atoms with van der Waals surface area (Å²) in [4.78, 5) is 28.0. The van der Waals surface area contributed by atoms with Crippen molar-refractivity contribution in [2.24, 2.45) is 0 Å². The quantitative estimate of drug-likeness (QED) is 0.518. The minimum atomic E-state index is -0.653. The number of aromatic nitrogens is 4. The molecule has 12 nitrogen and oxygen atoms in total. The van der Waals surface area contributed by atoms with E-state index in [0.717, 1.165) is 4.68 Å². The maximum Gasteiger partial charge on any atom is 0.457 e. The third-order valence-electron chi connectivity index (χ3n) is 3.24. The Hall–Kier alpha value is -3.02. The molecule has 2 rings (SSSR count). The Kier molecular flexibility index (Phi) is 11.0. The van der Waals surface area contributed by atoms with E-state index in [1.807, 2.05) is 27.7 Å². The van der Waals surface area contributed by atoms with Crippen LogP contribution in [-0.2, 0) is 19.6 Å². The molecule has 0 unspecified atom stereocenters. The van der Waals surface area contributed by atoms with Crippen LogP contribution in [0.2, 0.25) is 0 Å². The average Bonchev–Trinajstić information content (AvgIpc) is 3.29. The number of rotatable bonds is 8. The first-order valence-electron chi connectivity index (χ1n) is 8.68. The molecule has 0 atom stereocenters. The fourth-order valence-corrected chi connectivity index (χ4v) is 2.27. The predicted molar refractivity (Wildman–Crippen MR) is 100.0 cm³/mol. The van der Waals surface area contributed by atoms with Crippen molar-refractivity contribution in [3.8, 4) is 0 Å². The standard InChI is InChI=1S/C11H15N7O5.2C2H6/c1-12-16-9(7-19)8(14-11(16)18(22)23)3-2-5-15-6-4-13-10(15)17(20)21;2*1-2/h4,6,12,19H,2-3,5,7H2,1H3;2*1-2H3. The van der Waals surface area contributed by atoms with Gasteiger partial charge in [0.25, 0.3) is 0 Å². The topological polar surface area (TPSA) is 154 Å². The lowest BCUT2D eigenvalue weighted by Gasteiger charge is -2.02. The van der Waals surface area contributed by atoms with Crippen molar-refractivity contribution < 1.29 is 15.0 Å². The van der Waals surface area contributed by atoms with Gasteiger partial charge in [-0.15, -0.1) is 4.68 Å². The number of aryl methyl sites for hydroxylation is 2. The Morgan fingerprint density at radius 2 is 1.74 bits per heavy atom. The molecule has 0 bridgehead atoms. The zero-order valence-corrected chi connectivity index (χ0v) is 16.2. The minimum absolute atomic E-state index is 0.265. The van der Waals surface area contributed by atoms with Crippen LogP contribution in [-0.4, -0.2) is 41.2 Å². The molecule has 2 aromatic heterocycles. The van der Waals surface area contributed by atoms with Gasteiger partial charge in [0, 0.05) is 13.5 Å². The normalized spacial score (nSPS) is 9.56. The van der Waals surface area contributed by atoms with E-state index in [1.165, 1.54) is 24.0 Å². The lowest BCUT2D eigenvalue weighted by Crippen LogP contribution is -2.15. The highest BCUT2D eigenvalue weighted by Gasteiger charge is 2.26. The zero-order valence-electron chi connectivity index (χ0n) is 16.2. The van der Waals surface area contributed by atoms with Crippen LogP contribution in [0.5, 0.6) is 0 Å². The number of imidazole rings is 2.